The first-order chi connectivity index (χ1) is 11.0. The second-order valence-corrected chi connectivity index (χ2v) is 8.61. The molecule has 2 heterocycles. The number of nitrogens with zero attached hydrogens (tertiary/aromatic N) is 1. The van der Waals surface area contributed by atoms with E-state index in [4.69, 9.17) is 4.74 Å². The molecule has 24 heavy (non-hydrogen) atoms. The number of nitrogens with one attached hydrogen (secondary N) is 1. The Morgan fingerprint density at radius 1 is 1.29 bits per heavy atom. The van der Waals surface area contributed by atoms with Gasteiger partial charge in [-0.05, 0) is 57.8 Å². The molecule has 0 radical (unpaired) electrons. The van der Waals surface area contributed by atoms with Crippen LogP contribution < -0.4 is 5.32 Å². The molecule has 0 aromatic carbocycles. The highest BCUT2D eigenvalue weighted by Crippen LogP contribution is 2.61. The number of carbonyl (C=O) groups excluding carboxylic acids is 2. The van der Waals surface area contributed by atoms with Crippen LogP contribution in [-0.2, 0) is 14.3 Å². The summed E-state index contributed by atoms with van der Waals surface area (Å²) < 4.78 is 5.26. The predicted molar refractivity (Wildman–Crippen MR) is 85.3 cm³/mol. The van der Waals surface area contributed by atoms with Crippen LogP contribution in [0.4, 0.5) is 4.79 Å². The topological polar surface area (TPSA) is 95.9 Å². The Kier molecular flexibility index (Phi) is 3.81. The lowest BCUT2D eigenvalue weighted by molar-refractivity contribution is -0.150. The lowest BCUT2D eigenvalue weighted by atomic mass is 9.95. The second-order valence-electron chi connectivity index (χ2n) is 8.61. The van der Waals surface area contributed by atoms with Gasteiger partial charge in [0.05, 0.1) is 0 Å². The van der Waals surface area contributed by atoms with E-state index in [1.165, 1.54) is 4.90 Å². The van der Waals surface area contributed by atoms with E-state index >= 15 is 0 Å². The van der Waals surface area contributed by atoms with Crippen molar-refractivity contribution in [2.45, 2.75) is 77.1 Å². The summed E-state index contributed by atoms with van der Waals surface area (Å²) in [5, 5.41) is 12.1. The number of aliphatic carboxylic acids is 1. The van der Waals surface area contributed by atoms with Crippen molar-refractivity contribution in [3.63, 3.8) is 0 Å². The summed E-state index contributed by atoms with van der Waals surface area (Å²) in [6.07, 6.45) is 2.08. The number of hydrogen-bond acceptors (Lipinski definition) is 4. The molecule has 2 N–H and O–H groups in total. The molecule has 2 saturated heterocycles. The highest BCUT2D eigenvalue weighted by molar-refractivity contribution is 5.90. The van der Waals surface area contributed by atoms with Gasteiger partial charge in [0, 0.05) is 6.04 Å². The van der Waals surface area contributed by atoms with E-state index in [1.54, 1.807) is 20.8 Å². The third kappa shape index (κ3) is 2.96. The first-order valence-corrected chi connectivity index (χ1v) is 8.56. The minimum absolute atomic E-state index is 0.0118. The first-order valence-electron chi connectivity index (χ1n) is 8.56. The van der Waals surface area contributed by atoms with Gasteiger partial charge in [0.1, 0.15) is 17.7 Å². The maximum Gasteiger partial charge on any atom is 0.408 e. The number of amides is 2. The summed E-state index contributed by atoms with van der Waals surface area (Å²) >= 11 is 0. The molecule has 7 heteroatoms. The van der Waals surface area contributed by atoms with Crippen molar-refractivity contribution in [1.82, 2.24) is 10.2 Å². The van der Waals surface area contributed by atoms with Crippen LogP contribution in [0, 0.1) is 11.3 Å². The molecule has 0 bridgehead atoms. The monoisotopic (exact) mass is 338 g/mol. The summed E-state index contributed by atoms with van der Waals surface area (Å²) in [6.45, 7) is 7.40. The van der Waals surface area contributed by atoms with Crippen molar-refractivity contribution in [2.75, 3.05) is 0 Å². The molecular weight excluding hydrogens is 312 g/mol. The standard InChI is InChI=1S/C17H26N2O5/c1-16(2,3)24-15(23)18-10-8-17(4)7-9(17)11-5-6-12(14(21)22)19(11)13(10)20/h9-12H,5-8H2,1-4H3,(H,18,23)(H,21,22)/t9-,10-,11+,12-,17+/m0/s1. The van der Waals surface area contributed by atoms with Gasteiger partial charge in [-0.1, -0.05) is 6.92 Å². The Morgan fingerprint density at radius 3 is 2.54 bits per heavy atom. The third-order valence-electron chi connectivity index (χ3n) is 5.51. The van der Waals surface area contributed by atoms with Crippen molar-refractivity contribution >= 4 is 18.0 Å². The van der Waals surface area contributed by atoms with Crippen LogP contribution in [0.5, 0.6) is 0 Å². The average molecular weight is 338 g/mol. The number of carboxylic acids is 1. The minimum Gasteiger partial charge on any atom is -0.480 e. The zero-order valence-electron chi connectivity index (χ0n) is 14.7. The number of ether oxygens (including phenoxy) is 1. The summed E-state index contributed by atoms with van der Waals surface area (Å²) in [5.41, 5.74) is -0.661. The van der Waals surface area contributed by atoms with E-state index < -0.39 is 29.7 Å². The molecule has 3 fully saturated rings. The van der Waals surface area contributed by atoms with Crippen LogP contribution >= 0.6 is 0 Å². The number of carbonyl (C=O) groups is 3. The predicted octanol–water partition coefficient (Wildman–Crippen LogP) is 1.75. The lowest BCUT2D eigenvalue weighted by Crippen LogP contribution is -2.54. The van der Waals surface area contributed by atoms with Gasteiger partial charge in [0.25, 0.3) is 0 Å². The van der Waals surface area contributed by atoms with Crippen LogP contribution in [0.2, 0.25) is 0 Å². The molecule has 7 nitrogen and oxygen atoms in total. The van der Waals surface area contributed by atoms with E-state index in [9.17, 15) is 19.5 Å². The lowest BCUT2D eigenvalue weighted by Gasteiger charge is -2.30. The quantitative estimate of drug-likeness (QED) is 0.800. The van der Waals surface area contributed by atoms with Gasteiger partial charge < -0.3 is 20.1 Å². The number of alkyl carbamates (subject to hydrolysis) is 1. The summed E-state index contributed by atoms with van der Waals surface area (Å²) in [7, 11) is 0. The Morgan fingerprint density at radius 2 is 1.96 bits per heavy atom. The van der Waals surface area contributed by atoms with Gasteiger partial charge in [-0.15, -0.1) is 0 Å². The summed E-state index contributed by atoms with van der Waals surface area (Å²) in [5.74, 6) is -0.924. The normalized spacial score (nSPS) is 38.0. The van der Waals surface area contributed by atoms with Crippen LogP contribution in [0.1, 0.15) is 53.4 Å². The maximum absolute atomic E-state index is 12.9. The van der Waals surface area contributed by atoms with E-state index in [2.05, 4.69) is 12.2 Å². The number of carboxylic acid groups (broad SMARTS) is 1. The van der Waals surface area contributed by atoms with Crippen LogP contribution in [0.25, 0.3) is 0 Å². The first kappa shape index (κ1) is 17.0. The van der Waals surface area contributed by atoms with Crippen molar-refractivity contribution in [2.24, 2.45) is 11.3 Å². The fraction of sp³-hybridized carbons (Fsp3) is 0.824. The Bertz CT molecular complexity index is 584. The molecule has 0 spiro atoms. The van der Waals surface area contributed by atoms with E-state index in [0.717, 1.165) is 12.8 Å². The van der Waals surface area contributed by atoms with Gasteiger partial charge >= 0.3 is 12.1 Å². The molecule has 1 saturated carbocycles. The zero-order chi connectivity index (χ0) is 17.9. The van der Waals surface area contributed by atoms with Crippen molar-refractivity contribution in [3.8, 4) is 0 Å². The summed E-state index contributed by atoms with van der Waals surface area (Å²) in [6, 6.07) is -1.53. The Labute approximate surface area is 141 Å². The number of fused-ring (bicyclic) bond motifs is 3. The molecule has 0 unspecified atom stereocenters. The third-order valence-corrected chi connectivity index (χ3v) is 5.51. The van der Waals surface area contributed by atoms with Crippen molar-refractivity contribution in [1.29, 1.82) is 0 Å². The molecule has 2 aliphatic heterocycles. The molecule has 2 amide bonds. The van der Waals surface area contributed by atoms with Crippen molar-refractivity contribution in [3.05, 3.63) is 0 Å². The van der Waals surface area contributed by atoms with Crippen molar-refractivity contribution < 1.29 is 24.2 Å². The Balaban J connectivity index is 1.81. The largest absolute Gasteiger partial charge is 0.480 e. The highest BCUT2D eigenvalue weighted by atomic mass is 16.6. The van der Waals surface area contributed by atoms with Gasteiger partial charge in [-0.2, -0.15) is 0 Å². The van der Waals surface area contributed by atoms with E-state index in [-0.39, 0.29) is 17.4 Å². The van der Waals surface area contributed by atoms with Gasteiger partial charge in [0.15, 0.2) is 0 Å². The Hall–Kier alpha value is -1.79. The molecule has 5 atom stereocenters. The smallest absolute Gasteiger partial charge is 0.408 e. The molecular formula is C17H26N2O5. The fourth-order valence-electron chi connectivity index (χ4n) is 4.37. The maximum atomic E-state index is 12.9. The van der Waals surface area contributed by atoms with Crippen LogP contribution in [0.15, 0.2) is 0 Å². The van der Waals surface area contributed by atoms with Gasteiger partial charge in [-0.3, -0.25) is 4.79 Å². The molecule has 0 aromatic heterocycles. The second kappa shape index (κ2) is 5.36. The van der Waals surface area contributed by atoms with E-state index in [1.807, 2.05) is 0 Å². The average Bonchev–Trinajstić information content (AvgIpc) is 2.92. The molecule has 134 valence electrons. The number of hydrogen-bond donors (Lipinski definition) is 2. The molecule has 1 aliphatic carbocycles. The highest BCUT2D eigenvalue weighted by Gasteiger charge is 2.63. The van der Waals surface area contributed by atoms with Crippen LogP contribution in [0.3, 0.4) is 0 Å². The SMILES string of the molecule is CC(C)(C)OC(=O)N[C@H]1C[C@@]2(C)C[C@H]2[C@H]2CC[C@@H](C(=O)O)N2C1=O. The fourth-order valence-corrected chi connectivity index (χ4v) is 4.37. The molecule has 3 rings (SSSR count). The molecule has 3 aliphatic rings. The summed E-state index contributed by atoms with van der Waals surface area (Å²) in [4.78, 5) is 38.1. The van der Waals surface area contributed by atoms with Crippen LogP contribution in [-0.4, -0.2) is 51.7 Å². The zero-order valence-corrected chi connectivity index (χ0v) is 14.7. The minimum atomic E-state index is -0.967. The van der Waals surface area contributed by atoms with E-state index in [0.29, 0.717) is 18.8 Å². The van der Waals surface area contributed by atoms with Gasteiger partial charge in [0.2, 0.25) is 5.91 Å². The number of rotatable bonds is 2. The molecule has 0 aromatic rings. The van der Waals surface area contributed by atoms with Gasteiger partial charge in [-0.25, -0.2) is 9.59 Å².